The fraction of sp³-hybridized carbons (Fsp3) is 0.429. The lowest BCUT2D eigenvalue weighted by Crippen LogP contribution is -2.56. The maximum atomic E-state index is 12.2. The Morgan fingerprint density at radius 1 is 1.20 bits per heavy atom. The van der Waals surface area contributed by atoms with Crippen LogP contribution in [0.15, 0.2) is 30.3 Å². The van der Waals surface area contributed by atoms with Crippen molar-refractivity contribution < 1.29 is 24.5 Å². The number of esters is 1. The number of carboxylic acids is 1. The van der Waals surface area contributed by atoms with E-state index in [1.807, 2.05) is 0 Å². The molecule has 20 heavy (non-hydrogen) atoms. The van der Waals surface area contributed by atoms with Crippen molar-refractivity contribution in [3.05, 3.63) is 35.9 Å². The highest BCUT2D eigenvalue weighted by atomic mass is 16.6. The number of carboxylic acid groups (broad SMARTS) is 1. The molecule has 1 aromatic rings. The highest BCUT2D eigenvalue weighted by Gasteiger charge is 2.47. The van der Waals surface area contributed by atoms with Crippen molar-refractivity contribution in [2.45, 2.75) is 38.0 Å². The zero-order valence-electron chi connectivity index (χ0n) is 11.7. The van der Waals surface area contributed by atoms with Crippen molar-refractivity contribution in [2.75, 3.05) is 0 Å². The average Bonchev–Trinajstić information content (AvgIpc) is 2.27. The lowest BCUT2D eigenvalue weighted by Gasteiger charge is -2.30. The number of rotatable bonds is 4. The summed E-state index contributed by atoms with van der Waals surface area (Å²) in [5.74, 6) is -4.10. The Morgan fingerprint density at radius 3 is 2.10 bits per heavy atom. The number of aliphatic carboxylic acids is 1. The van der Waals surface area contributed by atoms with Crippen LogP contribution in [0.4, 0.5) is 0 Å². The molecule has 1 aromatic carbocycles. The molecule has 110 valence electrons. The summed E-state index contributed by atoms with van der Waals surface area (Å²) < 4.78 is 5.15. The van der Waals surface area contributed by atoms with Crippen molar-refractivity contribution in [2.24, 2.45) is 5.73 Å². The molecule has 0 fully saturated rings. The molecule has 0 radical (unpaired) electrons. The number of hydrogen-bond donors (Lipinski definition) is 3. The van der Waals surface area contributed by atoms with Crippen LogP contribution in [-0.2, 0) is 14.3 Å². The Balaban J connectivity index is 3.23. The normalized spacial score (nSPS) is 16.1. The predicted molar refractivity (Wildman–Crippen MR) is 71.8 cm³/mol. The van der Waals surface area contributed by atoms with E-state index in [1.54, 1.807) is 39.0 Å². The number of nitrogens with two attached hydrogens (primary N) is 1. The van der Waals surface area contributed by atoms with Crippen LogP contribution in [0.25, 0.3) is 0 Å². The van der Waals surface area contributed by atoms with Crippen molar-refractivity contribution in [1.82, 2.24) is 0 Å². The van der Waals surface area contributed by atoms with Crippen LogP contribution in [0.5, 0.6) is 0 Å². The molecule has 0 aliphatic heterocycles. The highest BCUT2D eigenvalue weighted by molar-refractivity contribution is 5.89. The lowest BCUT2D eigenvalue weighted by atomic mass is 9.88. The Labute approximate surface area is 117 Å². The van der Waals surface area contributed by atoms with Gasteiger partial charge in [-0.25, -0.2) is 4.79 Å². The molecule has 0 spiro atoms. The summed E-state index contributed by atoms with van der Waals surface area (Å²) in [6, 6.07) is 7.95. The molecule has 2 atom stereocenters. The molecule has 6 nitrogen and oxygen atoms in total. The van der Waals surface area contributed by atoms with E-state index >= 15 is 0 Å². The van der Waals surface area contributed by atoms with Crippen LogP contribution in [0, 0.1) is 0 Å². The second-order valence-electron chi connectivity index (χ2n) is 5.51. The summed E-state index contributed by atoms with van der Waals surface area (Å²) in [7, 11) is 0. The van der Waals surface area contributed by atoms with Crippen molar-refractivity contribution >= 4 is 11.9 Å². The van der Waals surface area contributed by atoms with E-state index in [2.05, 4.69) is 0 Å². The average molecular weight is 281 g/mol. The molecule has 6 heteroatoms. The maximum absolute atomic E-state index is 12.2. The highest BCUT2D eigenvalue weighted by Crippen LogP contribution is 2.28. The van der Waals surface area contributed by atoms with Crippen LogP contribution in [0.3, 0.4) is 0 Å². The third-order valence-corrected chi connectivity index (χ3v) is 2.56. The quantitative estimate of drug-likeness (QED) is 0.557. The van der Waals surface area contributed by atoms with Crippen LogP contribution in [0.2, 0.25) is 0 Å². The van der Waals surface area contributed by atoms with Gasteiger partial charge >= 0.3 is 11.9 Å². The summed E-state index contributed by atoms with van der Waals surface area (Å²) in [6.45, 7) is 4.93. The lowest BCUT2D eigenvalue weighted by molar-refractivity contribution is -0.175. The molecule has 1 rings (SSSR count). The second-order valence-corrected chi connectivity index (χ2v) is 5.51. The fourth-order valence-electron chi connectivity index (χ4n) is 1.70. The van der Waals surface area contributed by atoms with Gasteiger partial charge in [0.25, 0.3) is 0 Å². The molecule has 0 unspecified atom stereocenters. The van der Waals surface area contributed by atoms with Crippen molar-refractivity contribution in [3.8, 4) is 0 Å². The molecular weight excluding hydrogens is 262 g/mol. The zero-order chi connectivity index (χ0) is 15.6. The SMILES string of the molecule is CC(C)(C)OC(=O)[C@@H](c1ccccc1)[C@@](N)(O)C(=O)O. The topological polar surface area (TPSA) is 110 Å². The first kappa shape index (κ1) is 16.1. The van der Waals surface area contributed by atoms with Crippen molar-refractivity contribution in [3.63, 3.8) is 0 Å². The molecule has 0 saturated heterocycles. The monoisotopic (exact) mass is 281 g/mol. The molecule has 0 bridgehead atoms. The summed E-state index contributed by atoms with van der Waals surface area (Å²) >= 11 is 0. The molecule has 0 amide bonds. The molecule has 4 N–H and O–H groups in total. The summed E-state index contributed by atoms with van der Waals surface area (Å²) in [5.41, 5.74) is 2.12. The minimum absolute atomic E-state index is 0.272. The Morgan fingerprint density at radius 2 is 1.70 bits per heavy atom. The molecule has 0 aliphatic carbocycles. The standard InChI is InChI=1S/C14H19NO5/c1-13(2,3)20-11(16)10(14(15,19)12(17)18)9-7-5-4-6-8-9/h4-8,10,19H,15H2,1-3H3,(H,17,18)/t10-,14-/m1/s1. The van der Waals surface area contributed by atoms with E-state index < -0.39 is 29.2 Å². The summed E-state index contributed by atoms with van der Waals surface area (Å²) in [5, 5.41) is 19.0. The van der Waals surface area contributed by atoms with Gasteiger partial charge in [0.2, 0.25) is 5.72 Å². The van der Waals surface area contributed by atoms with Gasteiger partial charge in [-0.2, -0.15) is 0 Å². The smallest absolute Gasteiger partial charge is 0.352 e. The number of ether oxygens (including phenoxy) is 1. The predicted octanol–water partition coefficient (Wildman–Crippen LogP) is 0.844. The molecule has 0 aliphatic rings. The Kier molecular flexibility index (Phi) is 4.52. The second kappa shape index (κ2) is 5.60. The van der Waals surface area contributed by atoms with Gasteiger partial charge in [0.05, 0.1) is 0 Å². The van der Waals surface area contributed by atoms with Gasteiger partial charge in [-0.15, -0.1) is 0 Å². The van der Waals surface area contributed by atoms with Crippen molar-refractivity contribution in [1.29, 1.82) is 0 Å². The first-order valence-corrected chi connectivity index (χ1v) is 6.08. The van der Waals surface area contributed by atoms with E-state index in [0.717, 1.165) is 0 Å². The Hall–Kier alpha value is -1.92. The maximum Gasteiger partial charge on any atom is 0.352 e. The summed E-state index contributed by atoms with van der Waals surface area (Å²) in [4.78, 5) is 23.3. The number of carbonyl (C=O) groups excluding carboxylic acids is 1. The van der Waals surface area contributed by atoms with Gasteiger partial charge in [0.15, 0.2) is 0 Å². The minimum Gasteiger partial charge on any atom is -0.478 e. The minimum atomic E-state index is -2.75. The zero-order valence-corrected chi connectivity index (χ0v) is 11.7. The molecule has 0 saturated carbocycles. The van der Waals surface area contributed by atoms with E-state index in [4.69, 9.17) is 15.6 Å². The number of aliphatic hydroxyl groups is 1. The molecule has 0 aromatic heterocycles. The number of benzene rings is 1. The third kappa shape index (κ3) is 3.79. The van der Waals surface area contributed by atoms with Gasteiger partial charge in [-0.1, -0.05) is 30.3 Å². The first-order valence-electron chi connectivity index (χ1n) is 6.08. The molecule has 0 heterocycles. The van der Waals surface area contributed by atoms with Gasteiger partial charge in [-0.3, -0.25) is 10.5 Å². The number of hydrogen-bond acceptors (Lipinski definition) is 5. The fourth-order valence-corrected chi connectivity index (χ4v) is 1.70. The number of carbonyl (C=O) groups is 2. The largest absolute Gasteiger partial charge is 0.478 e. The van der Waals surface area contributed by atoms with Crippen LogP contribution < -0.4 is 5.73 Å². The Bertz CT molecular complexity index is 490. The van der Waals surface area contributed by atoms with Crippen LogP contribution >= 0.6 is 0 Å². The van der Waals surface area contributed by atoms with Crippen LogP contribution in [0.1, 0.15) is 32.3 Å². The van der Waals surface area contributed by atoms with E-state index in [0.29, 0.717) is 0 Å². The van der Waals surface area contributed by atoms with E-state index in [1.165, 1.54) is 12.1 Å². The van der Waals surface area contributed by atoms with Gasteiger partial charge in [0, 0.05) is 0 Å². The molecular formula is C14H19NO5. The van der Waals surface area contributed by atoms with Gasteiger partial charge in [0.1, 0.15) is 11.5 Å². The van der Waals surface area contributed by atoms with E-state index in [-0.39, 0.29) is 5.56 Å². The van der Waals surface area contributed by atoms with Crippen LogP contribution in [-0.4, -0.2) is 33.5 Å². The van der Waals surface area contributed by atoms with Gasteiger partial charge in [-0.05, 0) is 26.3 Å². The third-order valence-electron chi connectivity index (χ3n) is 2.56. The summed E-state index contributed by atoms with van der Waals surface area (Å²) in [6.07, 6.45) is 0. The van der Waals surface area contributed by atoms with E-state index in [9.17, 15) is 14.7 Å². The van der Waals surface area contributed by atoms with Gasteiger partial charge < -0.3 is 14.9 Å². The first-order chi connectivity index (χ1) is 9.05.